The molecule has 30 heavy (non-hydrogen) atoms. The molecule has 2 aromatic carbocycles. The molecule has 0 saturated carbocycles. The Balaban J connectivity index is 1.75. The van der Waals surface area contributed by atoms with Crippen LogP contribution in [0.3, 0.4) is 0 Å². The number of benzene rings is 2. The zero-order valence-corrected chi connectivity index (χ0v) is 17.4. The van der Waals surface area contributed by atoms with Crippen molar-refractivity contribution in [3.8, 4) is 17.0 Å². The van der Waals surface area contributed by atoms with Crippen LogP contribution < -0.4 is 4.74 Å². The van der Waals surface area contributed by atoms with Crippen LogP contribution in [0.4, 0.5) is 13.2 Å². The first-order valence-corrected chi connectivity index (χ1v) is 9.97. The number of hydrogen-bond acceptors (Lipinski definition) is 2. The average Bonchev–Trinajstić information content (AvgIpc) is 2.71. The molecule has 158 valence electrons. The first-order valence-electron chi connectivity index (χ1n) is 9.97. The number of ether oxygens (including phenoxy) is 1. The number of hydrogen-bond donors (Lipinski definition) is 0. The van der Waals surface area contributed by atoms with Crippen LogP contribution in [-0.4, -0.2) is 11.2 Å². The van der Waals surface area contributed by atoms with E-state index < -0.39 is 18.7 Å². The summed E-state index contributed by atoms with van der Waals surface area (Å²) < 4.78 is 44.1. The van der Waals surface area contributed by atoms with Gasteiger partial charge in [0.1, 0.15) is 11.9 Å². The molecule has 0 saturated heterocycles. The van der Waals surface area contributed by atoms with E-state index in [0.29, 0.717) is 11.3 Å². The number of pyridine rings is 1. The molecule has 0 aliphatic heterocycles. The smallest absolute Gasteiger partial charge is 0.389 e. The van der Waals surface area contributed by atoms with Crippen molar-refractivity contribution in [2.75, 3.05) is 0 Å². The van der Waals surface area contributed by atoms with E-state index in [9.17, 15) is 13.2 Å². The van der Waals surface area contributed by atoms with Crippen LogP contribution in [0.25, 0.3) is 11.3 Å². The summed E-state index contributed by atoms with van der Waals surface area (Å²) in [6.07, 6.45) is -4.40. The Morgan fingerprint density at radius 2 is 1.53 bits per heavy atom. The number of nitrogens with zero attached hydrogens (tertiary/aromatic N) is 1. The van der Waals surface area contributed by atoms with Crippen LogP contribution in [0.5, 0.6) is 5.75 Å². The molecule has 0 aliphatic carbocycles. The minimum absolute atomic E-state index is 0.0759. The van der Waals surface area contributed by atoms with Crippen LogP contribution in [0, 0.1) is 0 Å². The summed E-state index contributed by atoms with van der Waals surface area (Å²) >= 11 is 0. The summed E-state index contributed by atoms with van der Waals surface area (Å²) in [6.45, 7) is 6.48. The van der Waals surface area contributed by atoms with Gasteiger partial charge in [-0.2, -0.15) is 13.2 Å². The highest BCUT2D eigenvalue weighted by Gasteiger charge is 2.29. The molecular formula is C25H26F3NO. The number of aromatic nitrogens is 1. The van der Waals surface area contributed by atoms with Gasteiger partial charge in [0, 0.05) is 12.0 Å². The van der Waals surface area contributed by atoms with Crippen LogP contribution in [0.2, 0.25) is 0 Å². The fraction of sp³-hybridized carbons (Fsp3) is 0.320. The normalized spacial score (nSPS) is 13.1. The molecule has 0 spiro atoms. The predicted molar refractivity (Wildman–Crippen MR) is 113 cm³/mol. The second-order valence-corrected chi connectivity index (χ2v) is 8.38. The van der Waals surface area contributed by atoms with Gasteiger partial charge in [0.15, 0.2) is 0 Å². The summed E-state index contributed by atoms with van der Waals surface area (Å²) in [4.78, 5) is 4.45. The Hall–Kier alpha value is -2.82. The van der Waals surface area contributed by atoms with Crippen LogP contribution >= 0.6 is 0 Å². The van der Waals surface area contributed by atoms with E-state index in [1.807, 2.05) is 24.3 Å². The van der Waals surface area contributed by atoms with E-state index >= 15 is 0 Å². The summed E-state index contributed by atoms with van der Waals surface area (Å²) in [5, 5.41) is 0. The van der Waals surface area contributed by atoms with Gasteiger partial charge in [-0.3, -0.25) is 4.98 Å². The molecule has 0 bridgehead atoms. The fourth-order valence-corrected chi connectivity index (χ4v) is 3.18. The van der Waals surface area contributed by atoms with E-state index in [1.165, 1.54) is 5.56 Å². The van der Waals surface area contributed by atoms with Crippen molar-refractivity contribution < 1.29 is 17.9 Å². The molecule has 1 aromatic heterocycles. The Bertz CT molecular complexity index is 927. The maximum atomic E-state index is 12.7. The molecule has 1 atom stereocenters. The Morgan fingerprint density at radius 1 is 0.867 bits per heavy atom. The molecule has 0 amide bonds. The highest BCUT2D eigenvalue weighted by Crippen LogP contribution is 2.32. The largest absolute Gasteiger partial charge is 0.484 e. The molecule has 5 heteroatoms. The lowest BCUT2D eigenvalue weighted by atomic mass is 9.86. The number of alkyl halides is 3. The van der Waals surface area contributed by atoms with Crippen LogP contribution in [-0.2, 0) is 5.41 Å². The van der Waals surface area contributed by atoms with Gasteiger partial charge in [-0.05, 0) is 35.1 Å². The van der Waals surface area contributed by atoms with E-state index in [0.717, 1.165) is 11.3 Å². The van der Waals surface area contributed by atoms with Gasteiger partial charge in [0.25, 0.3) is 0 Å². The second kappa shape index (κ2) is 8.90. The third-order valence-electron chi connectivity index (χ3n) is 4.92. The second-order valence-electron chi connectivity index (χ2n) is 8.38. The first kappa shape index (κ1) is 21.9. The first-order chi connectivity index (χ1) is 14.1. The van der Waals surface area contributed by atoms with Crippen molar-refractivity contribution in [1.82, 2.24) is 4.98 Å². The van der Waals surface area contributed by atoms with Crippen molar-refractivity contribution in [3.05, 3.63) is 84.1 Å². The fourth-order valence-electron chi connectivity index (χ4n) is 3.18. The number of halogens is 3. The zero-order chi connectivity index (χ0) is 21.8. The van der Waals surface area contributed by atoms with Gasteiger partial charge < -0.3 is 4.74 Å². The Labute approximate surface area is 175 Å². The Morgan fingerprint density at radius 3 is 2.07 bits per heavy atom. The minimum atomic E-state index is -4.22. The summed E-state index contributed by atoms with van der Waals surface area (Å²) in [6, 6.07) is 20.8. The lowest BCUT2D eigenvalue weighted by Gasteiger charge is -2.20. The van der Waals surface area contributed by atoms with Gasteiger partial charge in [0.2, 0.25) is 0 Å². The molecule has 0 N–H and O–H groups in total. The maximum Gasteiger partial charge on any atom is 0.389 e. The SMILES string of the molecule is CC(C)(C)c1ccc(-c2ccc(OC(CCC(F)(F)F)c3ccccc3)cn2)cc1. The summed E-state index contributed by atoms with van der Waals surface area (Å²) in [5.41, 5.74) is 3.79. The van der Waals surface area contributed by atoms with Crippen molar-refractivity contribution in [1.29, 1.82) is 0 Å². The van der Waals surface area contributed by atoms with E-state index in [-0.39, 0.29) is 11.8 Å². The van der Waals surface area contributed by atoms with Crippen molar-refractivity contribution in [3.63, 3.8) is 0 Å². The topological polar surface area (TPSA) is 22.1 Å². The van der Waals surface area contributed by atoms with Gasteiger partial charge in [-0.1, -0.05) is 75.4 Å². The number of rotatable bonds is 6. The van der Waals surface area contributed by atoms with Crippen LogP contribution in [0.1, 0.15) is 50.8 Å². The quantitative estimate of drug-likeness (QED) is 0.417. The molecule has 2 nitrogen and oxygen atoms in total. The third-order valence-corrected chi connectivity index (χ3v) is 4.92. The van der Waals surface area contributed by atoms with Crippen molar-refractivity contribution >= 4 is 0 Å². The zero-order valence-electron chi connectivity index (χ0n) is 17.4. The summed E-state index contributed by atoms with van der Waals surface area (Å²) in [5.74, 6) is 0.445. The molecule has 1 heterocycles. The minimum Gasteiger partial charge on any atom is -0.484 e. The molecular weight excluding hydrogens is 387 g/mol. The Kier molecular flexibility index (Phi) is 6.49. The third kappa shape index (κ3) is 6.09. The lowest BCUT2D eigenvalue weighted by molar-refractivity contribution is -0.139. The highest BCUT2D eigenvalue weighted by atomic mass is 19.4. The van der Waals surface area contributed by atoms with Gasteiger partial charge in [0.05, 0.1) is 11.9 Å². The maximum absolute atomic E-state index is 12.7. The monoisotopic (exact) mass is 413 g/mol. The van der Waals surface area contributed by atoms with E-state index in [4.69, 9.17) is 4.74 Å². The standard InChI is InChI=1S/C25H26F3NO/c1-24(2,3)20-11-9-18(10-12-20)22-14-13-21(17-29-22)30-23(15-16-25(26,27)28)19-7-5-4-6-8-19/h4-14,17,23H,15-16H2,1-3H3. The van der Waals surface area contributed by atoms with Gasteiger partial charge in [-0.15, -0.1) is 0 Å². The highest BCUT2D eigenvalue weighted by molar-refractivity contribution is 5.60. The molecule has 3 rings (SSSR count). The molecule has 0 aliphatic rings. The summed E-state index contributed by atoms with van der Waals surface area (Å²) in [7, 11) is 0. The van der Waals surface area contributed by atoms with Crippen LogP contribution in [0.15, 0.2) is 72.9 Å². The van der Waals surface area contributed by atoms with E-state index in [2.05, 4.69) is 37.9 Å². The molecule has 1 unspecified atom stereocenters. The van der Waals surface area contributed by atoms with Gasteiger partial charge >= 0.3 is 6.18 Å². The molecule has 0 radical (unpaired) electrons. The van der Waals surface area contributed by atoms with Crippen molar-refractivity contribution in [2.45, 2.75) is 51.3 Å². The van der Waals surface area contributed by atoms with Gasteiger partial charge in [-0.25, -0.2) is 0 Å². The lowest BCUT2D eigenvalue weighted by Crippen LogP contribution is -2.14. The van der Waals surface area contributed by atoms with E-state index in [1.54, 1.807) is 36.5 Å². The average molecular weight is 413 g/mol. The molecule has 3 aromatic rings. The van der Waals surface area contributed by atoms with Crippen molar-refractivity contribution in [2.24, 2.45) is 0 Å². The predicted octanol–water partition coefficient (Wildman–Crippen LogP) is 7.51. The molecule has 0 fully saturated rings.